The molecule has 1 aliphatic rings. The lowest BCUT2D eigenvalue weighted by atomic mass is 9.94. The number of hydrogen-bond donors (Lipinski definition) is 2. The zero-order valence-corrected chi connectivity index (χ0v) is 13.8. The van der Waals surface area contributed by atoms with E-state index in [-0.39, 0.29) is 11.8 Å². The quantitative estimate of drug-likeness (QED) is 0.871. The predicted octanol–water partition coefficient (Wildman–Crippen LogP) is 2.16. The fraction of sp³-hybridized carbons (Fsp3) is 0.733. The fourth-order valence-corrected chi connectivity index (χ4v) is 4.09. The Morgan fingerprint density at radius 2 is 2.14 bits per heavy atom. The molecule has 1 aromatic heterocycles. The van der Waals surface area contributed by atoms with Crippen molar-refractivity contribution in [2.45, 2.75) is 51.6 Å². The lowest BCUT2D eigenvalue weighted by Gasteiger charge is -2.31. The molecule has 2 N–H and O–H groups in total. The molecule has 1 atom stereocenters. The topological polar surface area (TPSA) is 75.4 Å². The summed E-state index contributed by atoms with van der Waals surface area (Å²) < 4.78 is 5.15. The van der Waals surface area contributed by atoms with Crippen LogP contribution in [0, 0.1) is 13.8 Å². The second kappa shape index (κ2) is 6.83. The Labute approximate surface area is 129 Å². The Hall–Kier alpha value is -1.01. The highest BCUT2D eigenvalue weighted by Gasteiger charge is 2.30. The van der Waals surface area contributed by atoms with Gasteiger partial charge in [-0.3, -0.25) is 4.79 Å². The molecule has 0 saturated carbocycles. The third-order valence-electron chi connectivity index (χ3n) is 4.11. The predicted molar refractivity (Wildman–Crippen MR) is 83.5 cm³/mol. The lowest BCUT2D eigenvalue weighted by molar-refractivity contribution is -0.122. The Morgan fingerprint density at radius 1 is 1.48 bits per heavy atom. The summed E-state index contributed by atoms with van der Waals surface area (Å²) in [6.07, 6.45) is 1.88. The zero-order chi connectivity index (χ0) is 15.5. The van der Waals surface area contributed by atoms with Crippen LogP contribution < -0.4 is 5.32 Å². The molecule has 1 fully saturated rings. The van der Waals surface area contributed by atoms with E-state index in [9.17, 15) is 9.90 Å². The van der Waals surface area contributed by atoms with Crippen LogP contribution in [0.4, 0.5) is 0 Å². The minimum atomic E-state index is -0.729. The van der Waals surface area contributed by atoms with Gasteiger partial charge in [0.1, 0.15) is 5.76 Å². The van der Waals surface area contributed by atoms with Gasteiger partial charge in [-0.15, -0.1) is 0 Å². The Kier molecular flexibility index (Phi) is 5.32. The average Bonchev–Trinajstić information content (AvgIpc) is 2.77. The van der Waals surface area contributed by atoms with Crippen LogP contribution in [-0.4, -0.2) is 39.8 Å². The van der Waals surface area contributed by atoms with Crippen molar-refractivity contribution in [2.24, 2.45) is 0 Å². The molecular formula is C15H24N2O3S. The van der Waals surface area contributed by atoms with Gasteiger partial charge in [-0.1, -0.05) is 12.1 Å². The standard InChI is InChI=1S/C15H24N2O3S/c1-10(14-11(2)17-20-12(14)3)8-13(18)16-9-15(19)4-6-21-7-5-15/h10,19H,4-9H2,1-3H3,(H,16,18). The highest BCUT2D eigenvalue weighted by molar-refractivity contribution is 7.99. The molecular weight excluding hydrogens is 288 g/mol. The maximum atomic E-state index is 12.1. The van der Waals surface area contributed by atoms with Gasteiger partial charge in [-0.2, -0.15) is 11.8 Å². The molecule has 1 unspecified atom stereocenters. The molecule has 21 heavy (non-hydrogen) atoms. The molecule has 118 valence electrons. The summed E-state index contributed by atoms with van der Waals surface area (Å²) in [5.41, 5.74) is 1.13. The number of aromatic nitrogens is 1. The highest BCUT2D eigenvalue weighted by atomic mass is 32.2. The third kappa shape index (κ3) is 4.23. The molecule has 0 radical (unpaired) electrons. The largest absolute Gasteiger partial charge is 0.388 e. The van der Waals surface area contributed by atoms with Gasteiger partial charge in [0.15, 0.2) is 0 Å². The SMILES string of the molecule is Cc1noc(C)c1C(C)CC(=O)NCC1(O)CCSCC1. The summed E-state index contributed by atoms with van der Waals surface area (Å²) in [7, 11) is 0. The zero-order valence-electron chi connectivity index (χ0n) is 12.9. The van der Waals surface area contributed by atoms with Crippen molar-refractivity contribution < 1.29 is 14.4 Å². The number of rotatable bonds is 5. The number of nitrogens with zero attached hydrogens (tertiary/aromatic N) is 1. The number of carbonyl (C=O) groups excluding carboxylic acids is 1. The highest BCUT2D eigenvalue weighted by Crippen LogP contribution is 2.27. The summed E-state index contributed by atoms with van der Waals surface area (Å²) in [6, 6.07) is 0. The van der Waals surface area contributed by atoms with Crippen molar-refractivity contribution in [1.29, 1.82) is 0 Å². The molecule has 0 aromatic carbocycles. The molecule has 0 spiro atoms. The van der Waals surface area contributed by atoms with Gasteiger partial charge < -0.3 is 14.9 Å². The van der Waals surface area contributed by atoms with Crippen LogP contribution in [-0.2, 0) is 4.79 Å². The van der Waals surface area contributed by atoms with Gasteiger partial charge in [-0.05, 0) is 44.1 Å². The third-order valence-corrected chi connectivity index (χ3v) is 5.10. The van der Waals surface area contributed by atoms with Crippen LogP contribution in [0.3, 0.4) is 0 Å². The average molecular weight is 312 g/mol. The Balaban J connectivity index is 1.84. The number of aryl methyl sites for hydroxylation is 2. The minimum Gasteiger partial charge on any atom is -0.388 e. The van der Waals surface area contributed by atoms with Crippen LogP contribution in [0.25, 0.3) is 0 Å². The maximum absolute atomic E-state index is 12.1. The summed E-state index contributed by atoms with van der Waals surface area (Å²) >= 11 is 1.85. The van der Waals surface area contributed by atoms with Crippen molar-refractivity contribution in [3.05, 3.63) is 17.0 Å². The van der Waals surface area contributed by atoms with Gasteiger partial charge in [0, 0.05) is 18.5 Å². The summed E-state index contributed by atoms with van der Waals surface area (Å²) in [6.45, 7) is 6.10. The Bertz CT molecular complexity index is 476. The normalized spacial score (nSPS) is 19.2. The first kappa shape index (κ1) is 16.4. The monoisotopic (exact) mass is 312 g/mol. The van der Waals surface area contributed by atoms with E-state index in [1.807, 2.05) is 32.5 Å². The second-order valence-corrected chi connectivity index (χ2v) is 7.18. The first-order valence-electron chi connectivity index (χ1n) is 7.41. The van der Waals surface area contributed by atoms with E-state index < -0.39 is 5.60 Å². The smallest absolute Gasteiger partial charge is 0.220 e. The summed E-state index contributed by atoms with van der Waals surface area (Å²) in [5.74, 6) is 2.72. The molecule has 2 rings (SSSR count). The molecule has 1 aromatic rings. The summed E-state index contributed by atoms with van der Waals surface area (Å²) in [4.78, 5) is 12.1. The van der Waals surface area contributed by atoms with E-state index in [1.165, 1.54) is 0 Å². The number of amides is 1. The maximum Gasteiger partial charge on any atom is 0.220 e. The Morgan fingerprint density at radius 3 is 2.71 bits per heavy atom. The molecule has 5 nitrogen and oxygen atoms in total. The van der Waals surface area contributed by atoms with E-state index in [1.54, 1.807) is 0 Å². The van der Waals surface area contributed by atoms with Crippen molar-refractivity contribution in [1.82, 2.24) is 10.5 Å². The van der Waals surface area contributed by atoms with Crippen molar-refractivity contribution in [3.8, 4) is 0 Å². The molecule has 1 aliphatic heterocycles. The molecule has 2 heterocycles. The van der Waals surface area contributed by atoms with Crippen LogP contribution in [0.5, 0.6) is 0 Å². The molecule has 0 aliphatic carbocycles. The first-order valence-corrected chi connectivity index (χ1v) is 8.56. The van der Waals surface area contributed by atoms with E-state index in [2.05, 4.69) is 10.5 Å². The fourth-order valence-electron chi connectivity index (χ4n) is 2.84. The molecule has 6 heteroatoms. The molecule has 1 amide bonds. The van der Waals surface area contributed by atoms with Gasteiger partial charge in [0.25, 0.3) is 0 Å². The number of aliphatic hydroxyl groups is 1. The molecule has 1 saturated heterocycles. The molecule has 0 bridgehead atoms. The van der Waals surface area contributed by atoms with Gasteiger partial charge in [0.2, 0.25) is 5.91 Å². The number of nitrogens with one attached hydrogen (secondary N) is 1. The van der Waals surface area contributed by atoms with E-state index in [0.29, 0.717) is 13.0 Å². The number of hydrogen-bond acceptors (Lipinski definition) is 5. The minimum absolute atomic E-state index is 0.0332. The first-order chi connectivity index (χ1) is 9.91. The second-order valence-electron chi connectivity index (χ2n) is 5.96. The number of carbonyl (C=O) groups is 1. The van der Waals surface area contributed by atoms with Crippen LogP contribution in [0.2, 0.25) is 0 Å². The van der Waals surface area contributed by atoms with Crippen LogP contribution >= 0.6 is 11.8 Å². The van der Waals surface area contributed by atoms with Crippen LogP contribution in [0.1, 0.15) is 49.1 Å². The van der Waals surface area contributed by atoms with Gasteiger partial charge in [0.05, 0.1) is 11.3 Å². The van der Waals surface area contributed by atoms with Crippen LogP contribution in [0.15, 0.2) is 4.52 Å². The summed E-state index contributed by atoms with van der Waals surface area (Å²) in [5, 5.41) is 17.2. The van der Waals surface area contributed by atoms with E-state index in [0.717, 1.165) is 41.4 Å². The van der Waals surface area contributed by atoms with Gasteiger partial charge in [-0.25, -0.2) is 0 Å². The van der Waals surface area contributed by atoms with Crippen molar-refractivity contribution in [2.75, 3.05) is 18.1 Å². The van der Waals surface area contributed by atoms with Crippen molar-refractivity contribution in [3.63, 3.8) is 0 Å². The van der Waals surface area contributed by atoms with E-state index in [4.69, 9.17) is 4.52 Å². The van der Waals surface area contributed by atoms with E-state index >= 15 is 0 Å². The van der Waals surface area contributed by atoms with Gasteiger partial charge >= 0.3 is 0 Å². The lowest BCUT2D eigenvalue weighted by Crippen LogP contribution is -2.45. The number of thioether (sulfide) groups is 1. The van der Waals surface area contributed by atoms with Crippen molar-refractivity contribution >= 4 is 17.7 Å².